The molecule has 0 unspecified atom stereocenters. The summed E-state index contributed by atoms with van der Waals surface area (Å²) in [5.74, 6) is -0.0775. The van der Waals surface area contributed by atoms with Gasteiger partial charge in [0.2, 0.25) is 10.0 Å². The summed E-state index contributed by atoms with van der Waals surface area (Å²) in [6.07, 6.45) is 2.01. The van der Waals surface area contributed by atoms with Crippen LogP contribution in [-0.2, 0) is 23.1 Å². The SMILES string of the molecule is CN(C)S(=O)(=O)c1ccc(C(=O)N2CCn3cccc3C2)cc1. The average Bonchev–Trinajstić information content (AvgIpc) is 3.01. The standard InChI is InChI=1S/C16H19N3O3S/c1-17(2)23(21,22)15-7-5-13(6-8-15)16(20)19-11-10-18-9-3-4-14(18)12-19/h3-9H,10-12H2,1-2H3. The number of benzene rings is 1. The lowest BCUT2D eigenvalue weighted by atomic mass is 10.2. The van der Waals surface area contributed by atoms with Crippen molar-refractivity contribution in [3.05, 3.63) is 53.9 Å². The number of sulfonamides is 1. The van der Waals surface area contributed by atoms with Crippen LogP contribution in [0.2, 0.25) is 0 Å². The number of carbonyl (C=O) groups excluding carboxylic acids is 1. The number of hydrogen-bond acceptors (Lipinski definition) is 3. The van der Waals surface area contributed by atoms with E-state index in [0.29, 0.717) is 18.7 Å². The zero-order chi connectivity index (χ0) is 16.6. The van der Waals surface area contributed by atoms with Crippen molar-refractivity contribution < 1.29 is 13.2 Å². The van der Waals surface area contributed by atoms with Gasteiger partial charge in [-0.15, -0.1) is 0 Å². The third kappa shape index (κ3) is 2.89. The fourth-order valence-corrected chi connectivity index (χ4v) is 3.55. The first-order chi connectivity index (χ1) is 10.9. The first kappa shape index (κ1) is 15.8. The maximum atomic E-state index is 12.6. The van der Waals surface area contributed by atoms with Gasteiger partial charge in [0.15, 0.2) is 0 Å². The van der Waals surface area contributed by atoms with E-state index in [1.807, 2.05) is 18.3 Å². The summed E-state index contributed by atoms with van der Waals surface area (Å²) in [6.45, 7) is 2.00. The number of aromatic nitrogens is 1. The Morgan fingerprint density at radius 3 is 2.43 bits per heavy atom. The molecule has 3 rings (SSSR count). The van der Waals surface area contributed by atoms with E-state index >= 15 is 0 Å². The molecule has 1 aliphatic heterocycles. The number of amides is 1. The molecule has 0 atom stereocenters. The van der Waals surface area contributed by atoms with Gasteiger partial charge in [-0.2, -0.15) is 0 Å². The highest BCUT2D eigenvalue weighted by atomic mass is 32.2. The van der Waals surface area contributed by atoms with Gasteiger partial charge < -0.3 is 9.47 Å². The van der Waals surface area contributed by atoms with Crippen molar-refractivity contribution >= 4 is 15.9 Å². The van der Waals surface area contributed by atoms with Crippen LogP contribution < -0.4 is 0 Å². The van der Waals surface area contributed by atoms with Crippen LogP contribution >= 0.6 is 0 Å². The molecule has 2 aromatic rings. The molecule has 0 bridgehead atoms. The van der Waals surface area contributed by atoms with Crippen molar-refractivity contribution in [3.63, 3.8) is 0 Å². The van der Waals surface area contributed by atoms with Gasteiger partial charge in [-0.05, 0) is 36.4 Å². The van der Waals surface area contributed by atoms with Gasteiger partial charge in [0, 0.05) is 44.6 Å². The van der Waals surface area contributed by atoms with Crippen molar-refractivity contribution in [2.24, 2.45) is 0 Å². The number of hydrogen-bond donors (Lipinski definition) is 0. The fourth-order valence-electron chi connectivity index (χ4n) is 2.65. The van der Waals surface area contributed by atoms with E-state index in [4.69, 9.17) is 0 Å². The number of rotatable bonds is 3. The van der Waals surface area contributed by atoms with Crippen LogP contribution in [0.5, 0.6) is 0 Å². The third-order valence-electron chi connectivity index (χ3n) is 4.05. The Morgan fingerprint density at radius 2 is 1.78 bits per heavy atom. The minimum Gasteiger partial charge on any atom is -0.348 e. The summed E-state index contributed by atoms with van der Waals surface area (Å²) in [6, 6.07) is 10.1. The molecule has 7 heteroatoms. The summed E-state index contributed by atoms with van der Waals surface area (Å²) >= 11 is 0. The normalized spacial score (nSPS) is 14.8. The van der Waals surface area contributed by atoms with Gasteiger partial charge in [-0.1, -0.05) is 0 Å². The van der Waals surface area contributed by atoms with E-state index < -0.39 is 10.0 Å². The predicted octanol–water partition coefficient (Wildman–Crippen LogP) is 1.39. The summed E-state index contributed by atoms with van der Waals surface area (Å²) in [5.41, 5.74) is 1.61. The Hall–Kier alpha value is -2.12. The summed E-state index contributed by atoms with van der Waals surface area (Å²) < 4.78 is 27.4. The lowest BCUT2D eigenvalue weighted by Crippen LogP contribution is -2.37. The Bertz CT molecular complexity index is 823. The Balaban J connectivity index is 1.79. The van der Waals surface area contributed by atoms with Crippen LogP contribution in [0.25, 0.3) is 0 Å². The van der Waals surface area contributed by atoms with Gasteiger partial charge in [-0.25, -0.2) is 12.7 Å². The molecule has 6 nitrogen and oxygen atoms in total. The first-order valence-corrected chi connectivity index (χ1v) is 8.79. The van der Waals surface area contributed by atoms with Gasteiger partial charge in [0.05, 0.1) is 11.4 Å². The molecule has 0 aliphatic carbocycles. The number of nitrogens with zero attached hydrogens (tertiary/aromatic N) is 3. The zero-order valence-electron chi connectivity index (χ0n) is 13.1. The minimum atomic E-state index is -3.47. The maximum Gasteiger partial charge on any atom is 0.254 e. The highest BCUT2D eigenvalue weighted by molar-refractivity contribution is 7.89. The van der Waals surface area contributed by atoms with E-state index in [1.165, 1.54) is 26.2 Å². The molecular weight excluding hydrogens is 314 g/mol. The third-order valence-corrected chi connectivity index (χ3v) is 5.88. The van der Waals surface area contributed by atoms with Gasteiger partial charge >= 0.3 is 0 Å². The number of carbonyl (C=O) groups is 1. The molecular formula is C16H19N3O3S. The molecule has 1 aliphatic rings. The largest absolute Gasteiger partial charge is 0.348 e. The van der Waals surface area contributed by atoms with Crippen LogP contribution in [0.4, 0.5) is 0 Å². The molecule has 0 saturated heterocycles. The zero-order valence-corrected chi connectivity index (χ0v) is 14.0. The molecule has 1 amide bonds. The lowest BCUT2D eigenvalue weighted by Gasteiger charge is -2.28. The van der Waals surface area contributed by atoms with Crippen molar-refractivity contribution in [1.82, 2.24) is 13.8 Å². The van der Waals surface area contributed by atoms with E-state index in [2.05, 4.69) is 4.57 Å². The predicted molar refractivity (Wildman–Crippen MR) is 86.5 cm³/mol. The smallest absolute Gasteiger partial charge is 0.254 e. The number of fused-ring (bicyclic) bond motifs is 1. The fraction of sp³-hybridized carbons (Fsp3) is 0.312. The van der Waals surface area contributed by atoms with E-state index in [0.717, 1.165) is 16.5 Å². The van der Waals surface area contributed by atoms with Crippen LogP contribution in [-0.4, -0.2) is 48.7 Å². The van der Waals surface area contributed by atoms with Crippen molar-refractivity contribution in [2.75, 3.05) is 20.6 Å². The molecule has 23 heavy (non-hydrogen) atoms. The molecule has 122 valence electrons. The maximum absolute atomic E-state index is 12.6. The quantitative estimate of drug-likeness (QED) is 0.853. The van der Waals surface area contributed by atoms with E-state index in [9.17, 15) is 13.2 Å². The van der Waals surface area contributed by atoms with Crippen LogP contribution in [0.1, 0.15) is 16.1 Å². The minimum absolute atomic E-state index is 0.0775. The molecule has 2 heterocycles. The van der Waals surface area contributed by atoms with Gasteiger partial charge in [-0.3, -0.25) is 4.79 Å². The van der Waals surface area contributed by atoms with Crippen LogP contribution in [0.3, 0.4) is 0 Å². The first-order valence-electron chi connectivity index (χ1n) is 7.35. The molecule has 0 fully saturated rings. The van der Waals surface area contributed by atoms with Crippen LogP contribution in [0, 0.1) is 0 Å². The van der Waals surface area contributed by atoms with E-state index in [-0.39, 0.29) is 10.8 Å². The monoisotopic (exact) mass is 333 g/mol. The van der Waals surface area contributed by atoms with Crippen LogP contribution in [0.15, 0.2) is 47.5 Å². The van der Waals surface area contributed by atoms with Gasteiger partial charge in [0.25, 0.3) is 5.91 Å². The molecule has 0 N–H and O–H groups in total. The average molecular weight is 333 g/mol. The summed E-state index contributed by atoms with van der Waals surface area (Å²) in [7, 11) is -0.505. The molecule has 1 aromatic carbocycles. The topological polar surface area (TPSA) is 62.6 Å². The molecule has 1 aromatic heterocycles. The molecule has 0 spiro atoms. The second-order valence-corrected chi connectivity index (χ2v) is 7.88. The van der Waals surface area contributed by atoms with Crippen molar-refractivity contribution in [3.8, 4) is 0 Å². The molecule has 0 radical (unpaired) electrons. The Labute approximate surface area is 136 Å². The summed E-state index contributed by atoms with van der Waals surface area (Å²) in [4.78, 5) is 14.6. The van der Waals surface area contributed by atoms with E-state index in [1.54, 1.807) is 17.0 Å². The summed E-state index contributed by atoms with van der Waals surface area (Å²) in [5, 5.41) is 0. The van der Waals surface area contributed by atoms with Crippen molar-refractivity contribution in [1.29, 1.82) is 0 Å². The molecule has 0 saturated carbocycles. The Kier molecular flexibility index (Phi) is 3.99. The van der Waals surface area contributed by atoms with Gasteiger partial charge in [0.1, 0.15) is 0 Å². The second-order valence-electron chi connectivity index (χ2n) is 5.73. The van der Waals surface area contributed by atoms with Crippen molar-refractivity contribution in [2.45, 2.75) is 18.0 Å². The Morgan fingerprint density at radius 1 is 1.09 bits per heavy atom. The highest BCUT2D eigenvalue weighted by Crippen LogP contribution is 2.18. The highest BCUT2D eigenvalue weighted by Gasteiger charge is 2.22. The lowest BCUT2D eigenvalue weighted by molar-refractivity contribution is 0.0711. The second kappa shape index (κ2) is 5.82.